The Bertz CT molecular complexity index is 2240. The molecule has 0 bridgehead atoms. The Kier molecular flexibility index (Phi) is 10.3. The standard InChI is InChI=1S/C46H50N4O6Si/c1-6-24-48-40-22-16-34(50-42(52)23-21-39(47-50)31-12-8-7-9-13-31)26-38(40)46(45(48)54)30(2)44(57(4,5)37-19-17-36(55-3)18-20-37)41(56-46)27-43(53)49-28-33-15-11-10-14-32(33)25-35(49)29-51/h6-20,22,26,30,35,41,44,51H,1,21,23-25,27-29H2,2-5H3/t30-,35-,41+,44-,46+/m0/s1. The maximum atomic E-state index is 15.2. The molecule has 4 aliphatic heterocycles. The number of carbonyl (C=O) groups excluding carboxylic acids is 3. The van der Waals surface area contributed by atoms with Crippen molar-refractivity contribution in [3.05, 3.63) is 132 Å². The monoisotopic (exact) mass is 782 g/mol. The zero-order chi connectivity index (χ0) is 40.1. The number of anilines is 2. The maximum absolute atomic E-state index is 15.2. The summed E-state index contributed by atoms with van der Waals surface area (Å²) in [5.41, 5.74) is 4.23. The summed E-state index contributed by atoms with van der Waals surface area (Å²) in [7, 11) is -0.929. The molecule has 294 valence electrons. The highest BCUT2D eigenvalue weighted by atomic mass is 28.3. The lowest BCUT2D eigenvalue weighted by atomic mass is 9.82. The van der Waals surface area contributed by atoms with Crippen LogP contribution in [0.5, 0.6) is 5.75 Å². The number of nitrogens with zero attached hydrogens (tertiary/aromatic N) is 4. The van der Waals surface area contributed by atoms with E-state index in [-0.39, 0.29) is 54.8 Å². The van der Waals surface area contributed by atoms with Gasteiger partial charge in [-0.15, -0.1) is 6.58 Å². The van der Waals surface area contributed by atoms with Crippen LogP contribution in [0.1, 0.15) is 48.4 Å². The van der Waals surface area contributed by atoms with E-state index >= 15 is 4.79 Å². The highest BCUT2D eigenvalue weighted by Gasteiger charge is 2.66. The summed E-state index contributed by atoms with van der Waals surface area (Å²) < 4.78 is 12.8. The van der Waals surface area contributed by atoms with Gasteiger partial charge in [-0.25, -0.2) is 5.01 Å². The summed E-state index contributed by atoms with van der Waals surface area (Å²) in [6.07, 6.45) is 2.51. The highest BCUT2D eigenvalue weighted by molar-refractivity contribution is 6.91. The predicted octanol–water partition coefficient (Wildman–Crippen LogP) is 6.31. The van der Waals surface area contributed by atoms with E-state index < -0.39 is 19.8 Å². The van der Waals surface area contributed by atoms with Crippen molar-refractivity contribution in [3.63, 3.8) is 0 Å². The van der Waals surface area contributed by atoms with Crippen LogP contribution in [-0.2, 0) is 37.7 Å². The Labute approximate surface area is 335 Å². The van der Waals surface area contributed by atoms with Gasteiger partial charge in [0, 0.05) is 37.4 Å². The molecule has 11 heteroatoms. The third kappa shape index (κ3) is 6.51. The van der Waals surface area contributed by atoms with E-state index in [4.69, 9.17) is 14.6 Å². The Morgan fingerprint density at radius 1 is 1.00 bits per heavy atom. The third-order valence-electron chi connectivity index (χ3n) is 12.8. The van der Waals surface area contributed by atoms with Crippen LogP contribution in [0.2, 0.25) is 18.6 Å². The lowest BCUT2D eigenvalue weighted by Crippen LogP contribution is -2.52. The van der Waals surface area contributed by atoms with Gasteiger partial charge in [0.1, 0.15) is 5.75 Å². The van der Waals surface area contributed by atoms with Gasteiger partial charge in [0.05, 0.1) is 57.4 Å². The first kappa shape index (κ1) is 38.5. The Morgan fingerprint density at radius 2 is 1.72 bits per heavy atom. The zero-order valence-electron chi connectivity index (χ0n) is 33.1. The van der Waals surface area contributed by atoms with Crippen LogP contribution >= 0.6 is 0 Å². The fourth-order valence-electron chi connectivity index (χ4n) is 9.87. The second-order valence-electron chi connectivity index (χ2n) is 16.2. The van der Waals surface area contributed by atoms with Crippen molar-refractivity contribution in [2.75, 3.05) is 30.2 Å². The van der Waals surface area contributed by atoms with Crippen molar-refractivity contribution in [2.24, 2.45) is 11.0 Å². The number of ether oxygens (including phenoxy) is 2. The molecular weight excluding hydrogens is 733 g/mol. The molecule has 4 heterocycles. The van der Waals surface area contributed by atoms with E-state index in [1.807, 2.05) is 78.9 Å². The number of fused-ring (bicyclic) bond motifs is 3. The van der Waals surface area contributed by atoms with Gasteiger partial charge in [-0.2, -0.15) is 5.10 Å². The van der Waals surface area contributed by atoms with Crippen LogP contribution in [0.15, 0.2) is 115 Å². The molecule has 10 nitrogen and oxygen atoms in total. The van der Waals surface area contributed by atoms with Gasteiger partial charge in [0.25, 0.3) is 5.91 Å². The number of rotatable bonds is 10. The molecule has 0 aliphatic carbocycles. The second kappa shape index (κ2) is 15.2. The van der Waals surface area contributed by atoms with Gasteiger partial charge in [-0.05, 0) is 59.0 Å². The lowest BCUT2D eigenvalue weighted by Gasteiger charge is -2.39. The SMILES string of the molecule is C=CCN1C(=O)[C@]2(O[C@H](CC(=O)N3Cc4ccccc4C[C@H]3CO)[C@@H]([Si](C)(C)c3ccc(OC)cc3)[C@@H]2C)c2cc(N3N=C(c4ccccc4)CCC3=O)ccc21. The summed E-state index contributed by atoms with van der Waals surface area (Å²) in [5, 5.41) is 18.0. The Hall–Kier alpha value is -5.36. The van der Waals surface area contributed by atoms with E-state index in [0.29, 0.717) is 42.7 Å². The summed E-state index contributed by atoms with van der Waals surface area (Å²) in [6.45, 7) is 11.1. The zero-order valence-corrected chi connectivity index (χ0v) is 34.1. The second-order valence-corrected chi connectivity index (χ2v) is 20.9. The van der Waals surface area contributed by atoms with E-state index in [0.717, 1.165) is 33.3 Å². The topological polar surface area (TPSA) is 112 Å². The number of methoxy groups -OCH3 is 1. The van der Waals surface area contributed by atoms with Crippen LogP contribution in [0.4, 0.5) is 11.4 Å². The molecule has 0 unspecified atom stereocenters. The Balaban J connectivity index is 1.23. The minimum absolute atomic E-state index is 0.0428. The molecule has 0 aromatic heterocycles. The third-order valence-corrected chi connectivity index (χ3v) is 17.1. The van der Waals surface area contributed by atoms with E-state index in [2.05, 4.69) is 44.8 Å². The number of benzene rings is 4. The maximum Gasteiger partial charge on any atom is 0.264 e. The molecule has 4 aromatic rings. The predicted molar refractivity (Wildman–Crippen MR) is 224 cm³/mol. The summed E-state index contributed by atoms with van der Waals surface area (Å²) in [6, 6.07) is 31.3. The number of aliphatic hydroxyl groups excluding tert-OH is 1. The number of hydrazone groups is 1. The first-order chi connectivity index (χ1) is 27.5. The van der Waals surface area contributed by atoms with Crippen LogP contribution in [0.3, 0.4) is 0 Å². The van der Waals surface area contributed by atoms with Gasteiger partial charge in [0.2, 0.25) is 11.8 Å². The molecule has 3 amide bonds. The largest absolute Gasteiger partial charge is 0.497 e. The number of hydrogen-bond acceptors (Lipinski definition) is 7. The Morgan fingerprint density at radius 3 is 2.42 bits per heavy atom. The molecule has 8 rings (SSSR count). The van der Waals surface area contributed by atoms with Gasteiger partial charge in [-0.1, -0.05) is 98.0 Å². The molecule has 5 atom stereocenters. The van der Waals surface area contributed by atoms with Gasteiger partial charge >= 0.3 is 0 Å². The molecule has 1 fully saturated rings. The quantitative estimate of drug-likeness (QED) is 0.149. The first-order valence-corrected chi connectivity index (χ1v) is 22.9. The molecule has 1 saturated heterocycles. The molecule has 0 saturated carbocycles. The van der Waals surface area contributed by atoms with Crippen molar-refractivity contribution in [1.29, 1.82) is 0 Å². The van der Waals surface area contributed by atoms with Crippen LogP contribution in [0.25, 0.3) is 0 Å². The summed E-state index contributed by atoms with van der Waals surface area (Å²) in [4.78, 5) is 46.8. The summed E-state index contributed by atoms with van der Waals surface area (Å²) >= 11 is 0. The van der Waals surface area contributed by atoms with Crippen molar-refractivity contribution in [1.82, 2.24) is 4.90 Å². The average molecular weight is 783 g/mol. The molecule has 4 aliphatic rings. The van der Waals surface area contributed by atoms with Gasteiger partial charge in [0.15, 0.2) is 5.60 Å². The molecule has 0 radical (unpaired) electrons. The number of carbonyl (C=O) groups is 3. The fourth-order valence-corrected chi connectivity index (χ4v) is 13.9. The van der Waals surface area contributed by atoms with Crippen LogP contribution in [-0.4, -0.2) is 73.9 Å². The van der Waals surface area contributed by atoms with Gasteiger partial charge in [-0.3, -0.25) is 14.4 Å². The minimum atomic E-state index is -2.57. The number of hydrogen-bond donors (Lipinski definition) is 1. The normalized spacial score (nSPS) is 24.4. The van der Waals surface area contributed by atoms with E-state index in [1.165, 1.54) is 5.01 Å². The molecule has 1 N–H and O–H groups in total. The summed E-state index contributed by atoms with van der Waals surface area (Å²) in [5.74, 6) is -0.0777. The fraction of sp³-hybridized carbons (Fsp3) is 0.348. The van der Waals surface area contributed by atoms with Crippen LogP contribution < -0.4 is 19.8 Å². The average Bonchev–Trinajstić information content (AvgIpc) is 3.66. The smallest absolute Gasteiger partial charge is 0.264 e. The van der Waals surface area contributed by atoms with Crippen molar-refractivity contribution in [2.45, 2.75) is 75.5 Å². The minimum Gasteiger partial charge on any atom is -0.497 e. The first-order valence-electron chi connectivity index (χ1n) is 19.8. The number of amides is 3. The van der Waals surface area contributed by atoms with Crippen molar-refractivity contribution >= 4 is 48.1 Å². The highest BCUT2D eigenvalue weighted by Crippen LogP contribution is 2.60. The number of aliphatic hydroxyl groups is 1. The lowest BCUT2D eigenvalue weighted by molar-refractivity contribution is -0.150. The van der Waals surface area contributed by atoms with E-state index in [1.54, 1.807) is 23.0 Å². The van der Waals surface area contributed by atoms with Crippen molar-refractivity contribution < 1.29 is 29.0 Å². The van der Waals surface area contributed by atoms with Crippen molar-refractivity contribution in [3.8, 4) is 5.75 Å². The molecule has 1 spiro atoms. The molecular formula is C46H50N4O6Si. The molecule has 57 heavy (non-hydrogen) atoms. The van der Waals surface area contributed by atoms with Crippen LogP contribution in [0, 0.1) is 5.92 Å². The van der Waals surface area contributed by atoms with Gasteiger partial charge < -0.3 is 24.4 Å². The molecule has 4 aromatic carbocycles. The van der Waals surface area contributed by atoms with E-state index in [9.17, 15) is 14.7 Å².